The van der Waals surface area contributed by atoms with Gasteiger partial charge in [-0.15, -0.1) is 0 Å². The van der Waals surface area contributed by atoms with Crippen LogP contribution in [-0.4, -0.2) is 11.0 Å². The molecule has 1 amide bonds. The maximum Gasteiger partial charge on any atom is 0.251 e. The standard InChI is InChI=1S/C15H13ClFNO2/c16-13-6-5-10(7-14(13)17)15(20)18-8-11-3-1-2-4-12(11)9-19/h1-7,19H,8-9H2,(H,18,20). The number of hydrogen-bond donors (Lipinski definition) is 2. The van der Waals surface area contributed by atoms with Crippen molar-refractivity contribution in [1.82, 2.24) is 5.32 Å². The first-order chi connectivity index (χ1) is 9.61. The molecule has 2 aromatic carbocycles. The molecule has 2 N–H and O–H groups in total. The van der Waals surface area contributed by atoms with Crippen LogP contribution in [0, 0.1) is 5.82 Å². The third-order valence-corrected chi connectivity index (χ3v) is 3.22. The van der Waals surface area contributed by atoms with Gasteiger partial charge in [0.15, 0.2) is 0 Å². The normalized spacial score (nSPS) is 10.3. The van der Waals surface area contributed by atoms with Gasteiger partial charge in [0.25, 0.3) is 5.91 Å². The van der Waals surface area contributed by atoms with Crippen molar-refractivity contribution >= 4 is 17.5 Å². The number of rotatable bonds is 4. The second-order valence-electron chi connectivity index (χ2n) is 4.24. The molecule has 0 saturated heterocycles. The highest BCUT2D eigenvalue weighted by atomic mass is 35.5. The molecular formula is C15H13ClFNO2. The van der Waals surface area contributed by atoms with Crippen LogP contribution in [0.4, 0.5) is 4.39 Å². The van der Waals surface area contributed by atoms with Crippen molar-refractivity contribution in [3.05, 3.63) is 70.0 Å². The summed E-state index contributed by atoms with van der Waals surface area (Å²) in [4.78, 5) is 11.9. The zero-order valence-corrected chi connectivity index (χ0v) is 11.3. The van der Waals surface area contributed by atoms with E-state index < -0.39 is 11.7 Å². The Labute approximate surface area is 121 Å². The highest BCUT2D eigenvalue weighted by Gasteiger charge is 2.09. The lowest BCUT2D eigenvalue weighted by Gasteiger charge is -2.09. The SMILES string of the molecule is O=C(NCc1ccccc1CO)c1ccc(Cl)c(F)c1. The van der Waals surface area contributed by atoms with Crippen molar-refractivity contribution in [1.29, 1.82) is 0 Å². The summed E-state index contributed by atoms with van der Waals surface area (Å²) < 4.78 is 13.3. The van der Waals surface area contributed by atoms with Gasteiger partial charge in [-0.1, -0.05) is 35.9 Å². The quantitative estimate of drug-likeness (QED) is 0.910. The van der Waals surface area contributed by atoms with Gasteiger partial charge in [0.1, 0.15) is 5.82 Å². The van der Waals surface area contributed by atoms with Crippen LogP contribution in [0.3, 0.4) is 0 Å². The van der Waals surface area contributed by atoms with E-state index in [1.165, 1.54) is 12.1 Å². The van der Waals surface area contributed by atoms with Gasteiger partial charge in [0.2, 0.25) is 0 Å². The van der Waals surface area contributed by atoms with E-state index in [0.717, 1.165) is 17.2 Å². The number of aliphatic hydroxyl groups is 1. The smallest absolute Gasteiger partial charge is 0.251 e. The van der Waals surface area contributed by atoms with E-state index in [1.54, 1.807) is 6.07 Å². The van der Waals surface area contributed by atoms with Crippen molar-refractivity contribution in [2.24, 2.45) is 0 Å². The molecule has 20 heavy (non-hydrogen) atoms. The van der Waals surface area contributed by atoms with Gasteiger partial charge >= 0.3 is 0 Å². The zero-order valence-electron chi connectivity index (χ0n) is 10.6. The number of aliphatic hydroxyl groups excluding tert-OH is 1. The maximum atomic E-state index is 13.3. The first-order valence-corrected chi connectivity index (χ1v) is 6.40. The van der Waals surface area contributed by atoms with Crippen molar-refractivity contribution in [3.63, 3.8) is 0 Å². The number of carbonyl (C=O) groups is 1. The van der Waals surface area contributed by atoms with E-state index in [4.69, 9.17) is 11.6 Å². The number of amides is 1. The fourth-order valence-electron chi connectivity index (χ4n) is 1.80. The van der Waals surface area contributed by atoms with E-state index in [1.807, 2.05) is 18.2 Å². The molecule has 0 heterocycles. The molecule has 2 rings (SSSR count). The molecule has 0 radical (unpaired) electrons. The lowest BCUT2D eigenvalue weighted by molar-refractivity contribution is 0.0950. The highest BCUT2D eigenvalue weighted by molar-refractivity contribution is 6.30. The summed E-state index contributed by atoms with van der Waals surface area (Å²) in [5.74, 6) is -1.02. The highest BCUT2D eigenvalue weighted by Crippen LogP contribution is 2.15. The molecule has 104 valence electrons. The molecule has 2 aromatic rings. The molecule has 0 aliphatic carbocycles. The minimum absolute atomic E-state index is 0.0211. The Morgan fingerprint density at radius 3 is 2.55 bits per heavy atom. The first kappa shape index (κ1) is 14.5. The van der Waals surface area contributed by atoms with Crippen molar-refractivity contribution in [3.8, 4) is 0 Å². The molecule has 0 fully saturated rings. The first-order valence-electron chi connectivity index (χ1n) is 6.02. The molecule has 0 saturated carbocycles. The van der Waals surface area contributed by atoms with Gasteiger partial charge in [-0.2, -0.15) is 0 Å². The molecule has 0 atom stereocenters. The van der Waals surface area contributed by atoms with Crippen LogP contribution in [0.1, 0.15) is 21.5 Å². The minimum atomic E-state index is -0.630. The summed E-state index contributed by atoms with van der Waals surface area (Å²) >= 11 is 5.56. The fourth-order valence-corrected chi connectivity index (χ4v) is 1.92. The summed E-state index contributed by atoms with van der Waals surface area (Å²) in [7, 11) is 0. The summed E-state index contributed by atoms with van der Waals surface area (Å²) in [5.41, 5.74) is 1.77. The number of halogens is 2. The lowest BCUT2D eigenvalue weighted by Crippen LogP contribution is -2.23. The summed E-state index contributed by atoms with van der Waals surface area (Å²) in [5, 5.41) is 11.8. The number of carbonyl (C=O) groups excluding carboxylic acids is 1. The van der Waals surface area contributed by atoms with Crippen LogP contribution in [0.2, 0.25) is 5.02 Å². The molecule has 0 bridgehead atoms. The van der Waals surface area contributed by atoms with Gasteiger partial charge in [0.05, 0.1) is 11.6 Å². The van der Waals surface area contributed by atoms with Crippen LogP contribution in [0.15, 0.2) is 42.5 Å². The van der Waals surface area contributed by atoms with Crippen molar-refractivity contribution in [2.75, 3.05) is 0 Å². The average molecular weight is 294 g/mol. The summed E-state index contributed by atoms with van der Waals surface area (Å²) in [6, 6.07) is 11.1. The number of hydrogen-bond acceptors (Lipinski definition) is 2. The summed E-state index contributed by atoms with van der Waals surface area (Å²) in [6.07, 6.45) is 0. The lowest BCUT2D eigenvalue weighted by atomic mass is 10.1. The Hall–Kier alpha value is -1.91. The molecule has 0 aliphatic heterocycles. The van der Waals surface area contributed by atoms with Crippen LogP contribution < -0.4 is 5.32 Å². The third kappa shape index (κ3) is 3.35. The molecule has 0 aromatic heterocycles. The maximum absolute atomic E-state index is 13.3. The molecule has 0 spiro atoms. The van der Waals surface area contributed by atoms with Crippen molar-refractivity contribution < 1.29 is 14.3 Å². The van der Waals surface area contributed by atoms with Gasteiger partial charge < -0.3 is 10.4 Å². The summed E-state index contributed by atoms with van der Waals surface area (Å²) in [6.45, 7) is 0.168. The van der Waals surface area contributed by atoms with Crippen LogP contribution >= 0.6 is 11.6 Å². The van der Waals surface area contributed by atoms with Gasteiger partial charge in [-0.05, 0) is 29.3 Å². The van der Waals surface area contributed by atoms with Crippen LogP contribution in [0.5, 0.6) is 0 Å². The fraction of sp³-hybridized carbons (Fsp3) is 0.133. The third-order valence-electron chi connectivity index (χ3n) is 2.91. The predicted molar refractivity (Wildman–Crippen MR) is 74.9 cm³/mol. The monoisotopic (exact) mass is 293 g/mol. The zero-order chi connectivity index (χ0) is 14.5. The Morgan fingerprint density at radius 2 is 1.90 bits per heavy atom. The molecular weight excluding hydrogens is 281 g/mol. The van der Waals surface area contributed by atoms with Gasteiger partial charge in [-0.25, -0.2) is 4.39 Å². The topological polar surface area (TPSA) is 49.3 Å². The molecule has 0 aliphatic rings. The van der Waals surface area contributed by atoms with Crippen LogP contribution in [0.25, 0.3) is 0 Å². The Bertz CT molecular complexity index is 631. The molecule has 3 nitrogen and oxygen atoms in total. The van der Waals surface area contributed by atoms with E-state index >= 15 is 0 Å². The number of nitrogens with one attached hydrogen (secondary N) is 1. The Kier molecular flexibility index (Phi) is 4.71. The Morgan fingerprint density at radius 1 is 1.20 bits per heavy atom. The average Bonchev–Trinajstić information content (AvgIpc) is 2.47. The predicted octanol–water partition coefficient (Wildman–Crippen LogP) is 2.90. The second kappa shape index (κ2) is 6.50. The molecule has 5 heteroatoms. The Balaban J connectivity index is 2.06. The molecule has 0 unspecified atom stereocenters. The minimum Gasteiger partial charge on any atom is -0.392 e. The van der Waals surface area contributed by atoms with E-state index in [2.05, 4.69) is 5.32 Å². The van der Waals surface area contributed by atoms with E-state index in [-0.39, 0.29) is 23.7 Å². The van der Waals surface area contributed by atoms with E-state index in [9.17, 15) is 14.3 Å². The van der Waals surface area contributed by atoms with Gasteiger partial charge in [-0.3, -0.25) is 4.79 Å². The van der Waals surface area contributed by atoms with E-state index in [0.29, 0.717) is 0 Å². The largest absolute Gasteiger partial charge is 0.392 e. The second-order valence-corrected chi connectivity index (χ2v) is 4.65. The number of benzene rings is 2. The van der Waals surface area contributed by atoms with Crippen molar-refractivity contribution in [2.45, 2.75) is 13.2 Å². The van der Waals surface area contributed by atoms with Crippen LogP contribution in [-0.2, 0) is 13.2 Å². The van der Waals surface area contributed by atoms with Gasteiger partial charge in [0, 0.05) is 12.1 Å².